The molecule has 2 aliphatic carbocycles. The fourth-order valence-corrected chi connectivity index (χ4v) is 5.29. The number of allylic oxidation sites excluding steroid dienone is 2. The van der Waals surface area contributed by atoms with Gasteiger partial charge in [0.2, 0.25) is 5.91 Å². The van der Waals surface area contributed by atoms with Crippen LogP contribution in [0.4, 0.5) is 0 Å². The predicted molar refractivity (Wildman–Crippen MR) is 92.8 cm³/mol. The van der Waals surface area contributed by atoms with Crippen molar-refractivity contribution in [2.45, 2.75) is 31.3 Å². The Kier molecular flexibility index (Phi) is 3.49. The van der Waals surface area contributed by atoms with Gasteiger partial charge in [0.15, 0.2) is 0 Å². The van der Waals surface area contributed by atoms with Crippen LogP contribution in [0.25, 0.3) is 0 Å². The van der Waals surface area contributed by atoms with Gasteiger partial charge in [-0.25, -0.2) is 5.43 Å². The van der Waals surface area contributed by atoms with E-state index in [0.717, 1.165) is 25.9 Å². The van der Waals surface area contributed by atoms with E-state index in [-0.39, 0.29) is 5.92 Å². The van der Waals surface area contributed by atoms with Gasteiger partial charge in [-0.15, -0.1) is 0 Å². The average molecular weight is 323 g/mol. The molecule has 24 heavy (non-hydrogen) atoms. The molecule has 0 aromatic heterocycles. The highest BCUT2D eigenvalue weighted by atomic mass is 16.2. The molecule has 4 heteroatoms. The Morgan fingerprint density at radius 2 is 1.96 bits per heavy atom. The number of carbonyl (C=O) groups excluding carboxylic acids is 1. The van der Waals surface area contributed by atoms with Crippen LogP contribution in [0.2, 0.25) is 0 Å². The molecule has 3 fully saturated rings. The molecule has 1 aromatic carbocycles. The summed E-state index contributed by atoms with van der Waals surface area (Å²) < 4.78 is 0. The number of fused-ring (bicyclic) bond motifs is 3. The number of rotatable bonds is 2. The molecular weight excluding hydrogens is 298 g/mol. The lowest BCUT2D eigenvalue weighted by Crippen LogP contribution is -2.50. The van der Waals surface area contributed by atoms with Gasteiger partial charge in [-0.1, -0.05) is 42.5 Å². The zero-order valence-corrected chi connectivity index (χ0v) is 13.9. The van der Waals surface area contributed by atoms with E-state index in [0.29, 0.717) is 35.7 Å². The highest BCUT2D eigenvalue weighted by molar-refractivity contribution is 5.80. The molecule has 4 aliphatic rings. The van der Waals surface area contributed by atoms with Crippen molar-refractivity contribution >= 4 is 5.91 Å². The van der Waals surface area contributed by atoms with Crippen LogP contribution in [-0.4, -0.2) is 29.9 Å². The summed E-state index contributed by atoms with van der Waals surface area (Å²) in [6.45, 7) is 1.77. The summed E-state index contributed by atoms with van der Waals surface area (Å²) in [7, 11) is 0. The minimum absolute atomic E-state index is 0.244. The molecule has 0 spiro atoms. The first kappa shape index (κ1) is 14.7. The Labute approximate surface area is 143 Å². The Bertz CT molecular complexity index is 658. The van der Waals surface area contributed by atoms with E-state index in [9.17, 15) is 4.79 Å². The Hall–Kier alpha value is -1.65. The maximum absolute atomic E-state index is 13.1. The fraction of sp³-hybridized carbons (Fsp3) is 0.550. The van der Waals surface area contributed by atoms with Crippen LogP contribution in [0.3, 0.4) is 0 Å². The van der Waals surface area contributed by atoms with Crippen molar-refractivity contribution in [1.29, 1.82) is 0 Å². The normalized spacial score (nSPS) is 40.1. The van der Waals surface area contributed by atoms with E-state index in [2.05, 4.69) is 58.2 Å². The Morgan fingerprint density at radius 3 is 2.71 bits per heavy atom. The van der Waals surface area contributed by atoms with Crippen LogP contribution in [0.15, 0.2) is 42.5 Å². The van der Waals surface area contributed by atoms with Crippen molar-refractivity contribution in [3.05, 3.63) is 48.0 Å². The standard InChI is InChI=1S/C20H25N3O/c24-20(16-11-13-6-7-15(16)10-13)23-9-8-18-17(12-23)19(22-21-18)14-4-2-1-3-5-14/h1-7,13,15-19,21-22H,8-12H2/t13-,15+,16-,17?,18?,19?/m1/s1. The third-order valence-electron chi connectivity index (χ3n) is 6.58. The molecule has 1 aromatic rings. The summed E-state index contributed by atoms with van der Waals surface area (Å²) in [6, 6.07) is 11.4. The van der Waals surface area contributed by atoms with Gasteiger partial charge in [-0.2, -0.15) is 0 Å². The van der Waals surface area contributed by atoms with Crippen LogP contribution < -0.4 is 10.9 Å². The highest BCUT2D eigenvalue weighted by Crippen LogP contribution is 2.45. The summed E-state index contributed by atoms with van der Waals surface area (Å²) in [4.78, 5) is 15.2. The largest absolute Gasteiger partial charge is 0.342 e. The number of amides is 1. The minimum Gasteiger partial charge on any atom is -0.342 e. The summed E-state index contributed by atoms with van der Waals surface area (Å²) >= 11 is 0. The van der Waals surface area contributed by atoms with Gasteiger partial charge in [0.25, 0.3) is 0 Å². The van der Waals surface area contributed by atoms with Crippen LogP contribution in [0.5, 0.6) is 0 Å². The zero-order chi connectivity index (χ0) is 16.1. The molecule has 5 rings (SSSR count). The van der Waals surface area contributed by atoms with Crippen molar-refractivity contribution in [2.75, 3.05) is 13.1 Å². The van der Waals surface area contributed by atoms with E-state index >= 15 is 0 Å². The molecule has 6 atom stereocenters. The van der Waals surface area contributed by atoms with Gasteiger partial charge in [-0.3, -0.25) is 10.2 Å². The molecule has 2 saturated heterocycles. The third-order valence-corrected chi connectivity index (χ3v) is 6.58. The quantitative estimate of drug-likeness (QED) is 0.821. The summed E-state index contributed by atoms with van der Waals surface area (Å²) in [5.41, 5.74) is 8.25. The van der Waals surface area contributed by atoms with E-state index < -0.39 is 0 Å². The minimum atomic E-state index is 0.244. The van der Waals surface area contributed by atoms with Crippen molar-refractivity contribution in [3.8, 4) is 0 Å². The molecule has 2 N–H and O–H groups in total. The summed E-state index contributed by atoms with van der Waals surface area (Å²) in [6.07, 6.45) is 7.92. The molecule has 1 saturated carbocycles. The number of likely N-dealkylation sites (tertiary alicyclic amines) is 1. The maximum Gasteiger partial charge on any atom is 0.226 e. The summed E-state index contributed by atoms with van der Waals surface area (Å²) in [5, 5.41) is 0. The van der Waals surface area contributed by atoms with Gasteiger partial charge >= 0.3 is 0 Å². The lowest BCUT2D eigenvalue weighted by atomic mass is 9.84. The van der Waals surface area contributed by atoms with E-state index in [1.165, 1.54) is 12.0 Å². The van der Waals surface area contributed by atoms with Crippen LogP contribution in [0.1, 0.15) is 30.9 Å². The van der Waals surface area contributed by atoms with Crippen molar-refractivity contribution in [2.24, 2.45) is 23.7 Å². The number of hydrogen-bond donors (Lipinski definition) is 2. The molecule has 4 nitrogen and oxygen atoms in total. The zero-order valence-electron chi connectivity index (χ0n) is 13.9. The predicted octanol–water partition coefficient (Wildman–Crippen LogP) is 2.26. The molecule has 126 valence electrons. The van der Waals surface area contributed by atoms with Gasteiger partial charge < -0.3 is 4.90 Å². The second-order valence-electron chi connectivity index (χ2n) is 7.91. The van der Waals surface area contributed by atoms with E-state index in [4.69, 9.17) is 0 Å². The first-order chi connectivity index (χ1) is 11.8. The number of piperidine rings is 1. The van der Waals surface area contributed by atoms with Crippen molar-refractivity contribution in [3.63, 3.8) is 0 Å². The SMILES string of the molecule is O=C([C@@H]1C[C@@H]2C=C[C@H]1C2)N1CCC2NNC(c3ccccc3)C2C1. The van der Waals surface area contributed by atoms with Gasteiger partial charge in [0.1, 0.15) is 0 Å². The molecule has 2 heterocycles. The van der Waals surface area contributed by atoms with Crippen molar-refractivity contribution in [1.82, 2.24) is 15.8 Å². The first-order valence-corrected chi connectivity index (χ1v) is 9.33. The van der Waals surface area contributed by atoms with Crippen molar-refractivity contribution < 1.29 is 4.79 Å². The molecule has 0 radical (unpaired) electrons. The molecule has 2 aliphatic heterocycles. The van der Waals surface area contributed by atoms with E-state index in [1.54, 1.807) is 0 Å². The Morgan fingerprint density at radius 1 is 1.08 bits per heavy atom. The number of hydrazine groups is 1. The van der Waals surface area contributed by atoms with Gasteiger partial charge in [0, 0.05) is 31.0 Å². The molecule has 2 bridgehead atoms. The first-order valence-electron chi connectivity index (χ1n) is 9.33. The number of benzene rings is 1. The van der Waals surface area contributed by atoms with Crippen LogP contribution >= 0.6 is 0 Å². The van der Waals surface area contributed by atoms with Gasteiger partial charge in [-0.05, 0) is 36.7 Å². The maximum atomic E-state index is 13.1. The number of nitrogens with one attached hydrogen (secondary N) is 2. The number of nitrogens with zero attached hydrogens (tertiary/aromatic N) is 1. The van der Waals surface area contributed by atoms with Crippen LogP contribution in [0, 0.1) is 23.7 Å². The van der Waals surface area contributed by atoms with E-state index in [1.807, 2.05) is 0 Å². The smallest absolute Gasteiger partial charge is 0.226 e. The highest BCUT2D eigenvalue weighted by Gasteiger charge is 2.45. The lowest BCUT2D eigenvalue weighted by molar-refractivity contribution is -0.138. The second-order valence-corrected chi connectivity index (χ2v) is 7.91. The molecular formula is C20H25N3O. The number of hydrogen-bond acceptors (Lipinski definition) is 3. The Balaban J connectivity index is 1.32. The average Bonchev–Trinajstić information content (AvgIpc) is 3.36. The lowest BCUT2D eigenvalue weighted by Gasteiger charge is -2.38. The molecule has 3 unspecified atom stereocenters. The topological polar surface area (TPSA) is 44.4 Å². The second kappa shape index (κ2) is 5.71. The van der Waals surface area contributed by atoms with Crippen LogP contribution in [-0.2, 0) is 4.79 Å². The fourth-order valence-electron chi connectivity index (χ4n) is 5.29. The van der Waals surface area contributed by atoms with Gasteiger partial charge in [0.05, 0.1) is 6.04 Å². The summed E-state index contributed by atoms with van der Waals surface area (Å²) in [5.74, 6) is 2.27. The number of carbonyl (C=O) groups is 1. The third kappa shape index (κ3) is 2.32. The molecule has 1 amide bonds. The monoisotopic (exact) mass is 323 g/mol.